The number of nitrogens with two attached hydrogens (primary N) is 1. The predicted molar refractivity (Wildman–Crippen MR) is 131 cm³/mol. The summed E-state index contributed by atoms with van der Waals surface area (Å²) in [5.74, 6) is -0.511. The van der Waals surface area contributed by atoms with E-state index in [9.17, 15) is 24.5 Å². The minimum Gasteiger partial charge on any atom is -0.462 e. The Hall–Kier alpha value is -3.27. The first-order valence-corrected chi connectivity index (χ1v) is 13.0. The summed E-state index contributed by atoms with van der Waals surface area (Å²) in [6, 6.07) is 10.4. The van der Waals surface area contributed by atoms with E-state index in [0.717, 1.165) is 4.57 Å². The van der Waals surface area contributed by atoms with Gasteiger partial charge in [0.1, 0.15) is 35.2 Å². The number of hydrogen-bond acceptors (Lipinski definition) is 11. The van der Waals surface area contributed by atoms with Gasteiger partial charge in [0.05, 0.1) is 18.8 Å². The van der Waals surface area contributed by atoms with E-state index < -0.39 is 62.0 Å². The highest BCUT2D eigenvalue weighted by atomic mass is 31.2. The van der Waals surface area contributed by atoms with Gasteiger partial charge in [0.15, 0.2) is 6.23 Å². The van der Waals surface area contributed by atoms with Crippen LogP contribution in [0.5, 0.6) is 5.75 Å². The molecule has 1 fully saturated rings. The fraction of sp³-hybridized carbons (Fsp3) is 0.478. The first kappa shape index (κ1) is 28.3. The number of esters is 1. The van der Waals surface area contributed by atoms with Gasteiger partial charge in [0.2, 0.25) is 0 Å². The van der Waals surface area contributed by atoms with Crippen LogP contribution in [0, 0.1) is 16.7 Å². The molecule has 6 atom stereocenters. The summed E-state index contributed by atoms with van der Waals surface area (Å²) < 4.78 is 36.8. The molecule has 0 spiro atoms. The van der Waals surface area contributed by atoms with Crippen molar-refractivity contribution in [3.63, 3.8) is 0 Å². The van der Waals surface area contributed by atoms with Crippen LogP contribution in [-0.4, -0.2) is 51.6 Å². The second-order valence-electron chi connectivity index (χ2n) is 8.94. The number of rotatable bonds is 10. The maximum atomic E-state index is 13.7. The Balaban J connectivity index is 1.83. The first-order chi connectivity index (χ1) is 17.4. The summed E-state index contributed by atoms with van der Waals surface area (Å²) in [5, 5.41) is 23.3. The monoisotopic (exact) mass is 535 g/mol. The number of anilines is 1. The number of nitriles is 1. The molecule has 37 heavy (non-hydrogen) atoms. The topological polar surface area (TPSA) is 188 Å². The lowest BCUT2D eigenvalue weighted by Gasteiger charge is -2.26. The lowest BCUT2D eigenvalue weighted by atomic mass is 9.84. The van der Waals surface area contributed by atoms with Gasteiger partial charge in [0.25, 0.3) is 0 Å². The smallest absolute Gasteiger partial charge is 0.459 e. The molecule has 2 heterocycles. The number of carbonyl (C=O) groups excluding carboxylic acids is 1. The van der Waals surface area contributed by atoms with Gasteiger partial charge in [-0.25, -0.2) is 9.36 Å². The number of carbonyl (C=O) groups is 1. The second-order valence-corrected chi connectivity index (χ2v) is 10.6. The van der Waals surface area contributed by atoms with Crippen LogP contribution in [0.4, 0.5) is 5.82 Å². The molecule has 1 aromatic heterocycles. The Bertz CT molecular complexity index is 1250. The molecule has 4 N–H and O–H groups in total. The molecule has 14 heteroatoms. The van der Waals surface area contributed by atoms with Gasteiger partial charge in [-0.05, 0) is 45.9 Å². The summed E-state index contributed by atoms with van der Waals surface area (Å²) in [4.78, 5) is 28.3. The van der Waals surface area contributed by atoms with Gasteiger partial charge in [-0.15, -0.1) is 0 Å². The van der Waals surface area contributed by atoms with Crippen molar-refractivity contribution < 1.29 is 33.0 Å². The van der Waals surface area contributed by atoms with Gasteiger partial charge in [-0.3, -0.25) is 13.9 Å². The molecule has 1 aliphatic heterocycles. The van der Waals surface area contributed by atoms with Crippen LogP contribution in [-0.2, 0) is 23.4 Å². The van der Waals surface area contributed by atoms with Crippen LogP contribution < -0.4 is 21.0 Å². The molecule has 0 amide bonds. The Morgan fingerprint density at radius 3 is 2.62 bits per heavy atom. The third-order valence-electron chi connectivity index (χ3n) is 5.56. The van der Waals surface area contributed by atoms with Gasteiger partial charge >= 0.3 is 19.4 Å². The van der Waals surface area contributed by atoms with Crippen LogP contribution in [0.2, 0.25) is 0 Å². The van der Waals surface area contributed by atoms with Crippen molar-refractivity contribution in [1.29, 1.82) is 5.26 Å². The second kappa shape index (κ2) is 11.4. The Kier molecular flexibility index (Phi) is 8.73. The molecule has 3 unspecified atom stereocenters. The van der Waals surface area contributed by atoms with E-state index in [1.54, 1.807) is 44.2 Å². The number of ether oxygens (including phenoxy) is 2. The predicted octanol–water partition coefficient (Wildman–Crippen LogP) is 1.75. The van der Waals surface area contributed by atoms with Crippen molar-refractivity contribution in [3.05, 3.63) is 53.1 Å². The molecule has 1 aromatic carbocycles. The van der Waals surface area contributed by atoms with E-state index in [2.05, 4.69) is 10.1 Å². The molecule has 0 bridgehead atoms. The molecule has 1 saturated heterocycles. The molecule has 2 aromatic rings. The van der Waals surface area contributed by atoms with Crippen LogP contribution in [0.25, 0.3) is 0 Å². The zero-order valence-electron chi connectivity index (χ0n) is 20.8. The van der Waals surface area contributed by atoms with E-state index in [-0.39, 0.29) is 11.6 Å². The van der Waals surface area contributed by atoms with E-state index in [1.165, 1.54) is 26.1 Å². The summed E-state index contributed by atoms with van der Waals surface area (Å²) in [6.07, 6.45) is -3.01. The normalized spacial score (nSPS) is 25.7. The van der Waals surface area contributed by atoms with E-state index >= 15 is 0 Å². The fourth-order valence-corrected chi connectivity index (χ4v) is 5.13. The Morgan fingerprint density at radius 1 is 1.35 bits per heavy atom. The molecule has 200 valence electrons. The first-order valence-electron chi connectivity index (χ1n) is 11.5. The van der Waals surface area contributed by atoms with Crippen LogP contribution >= 0.6 is 7.75 Å². The number of benzene rings is 1. The van der Waals surface area contributed by atoms with Crippen LogP contribution in [0.15, 0.2) is 47.4 Å². The van der Waals surface area contributed by atoms with Crippen molar-refractivity contribution >= 4 is 19.5 Å². The lowest BCUT2D eigenvalue weighted by molar-refractivity contribution is -0.149. The highest BCUT2D eigenvalue weighted by Gasteiger charge is 2.55. The fourth-order valence-electron chi connectivity index (χ4n) is 3.63. The number of para-hydroxylation sites is 1. The Morgan fingerprint density at radius 2 is 2.03 bits per heavy atom. The maximum absolute atomic E-state index is 13.7. The van der Waals surface area contributed by atoms with Gasteiger partial charge in [-0.2, -0.15) is 15.3 Å². The van der Waals surface area contributed by atoms with Crippen LogP contribution in [0.1, 0.15) is 33.9 Å². The lowest BCUT2D eigenvalue weighted by Crippen LogP contribution is -2.40. The standard InChI is InChI=1S/C23H30N5O8P/c1-14(2)34-20(30)15(3)27-37(32,36-16-8-6-5-7-9-16)33-12-17-19(29)23(4,13-24)21(35-17)28-11-10-18(25)26-22(28)31/h5-11,14-15,17,19,21,29H,12H2,1-4H3,(H,27,32)(H2,25,26,31)/t15?,17?,19-,21?,23-,37-/m1/s1. The zero-order valence-corrected chi connectivity index (χ0v) is 21.7. The highest BCUT2D eigenvalue weighted by molar-refractivity contribution is 7.52. The zero-order chi connectivity index (χ0) is 27.4. The minimum atomic E-state index is -4.25. The number of aliphatic hydroxyl groups excluding tert-OH is 1. The van der Waals surface area contributed by atoms with Crippen LogP contribution in [0.3, 0.4) is 0 Å². The molecule has 0 aliphatic carbocycles. The molecule has 1 aliphatic rings. The van der Waals surface area contributed by atoms with Gasteiger partial charge < -0.3 is 24.8 Å². The third kappa shape index (κ3) is 6.54. The number of aromatic nitrogens is 2. The molecule has 0 radical (unpaired) electrons. The quantitative estimate of drug-likeness (QED) is 0.296. The minimum absolute atomic E-state index is 0.0199. The Labute approximate surface area is 213 Å². The van der Waals surface area contributed by atoms with Crippen molar-refractivity contribution in [1.82, 2.24) is 14.6 Å². The number of nitrogens with zero attached hydrogens (tertiary/aromatic N) is 3. The summed E-state index contributed by atoms with van der Waals surface area (Å²) in [6.45, 7) is 5.66. The van der Waals surface area contributed by atoms with E-state index in [4.69, 9.17) is 24.3 Å². The molecule has 3 rings (SSSR count). The molecule has 13 nitrogen and oxygen atoms in total. The van der Waals surface area contributed by atoms with Gasteiger partial charge in [0, 0.05) is 6.20 Å². The number of nitrogen functional groups attached to an aromatic ring is 1. The van der Waals surface area contributed by atoms with Crippen molar-refractivity contribution in [2.24, 2.45) is 5.41 Å². The summed E-state index contributed by atoms with van der Waals surface area (Å²) in [5.41, 5.74) is 3.17. The largest absolute Gasteiger partial charge is 0.462 e. The summed E-state index contributed by atoms with van der Waals surface area (Å²) >= 11 is 0. The average Bonchev–Trinajstić information content (AvgIpc) is 3.08. The number of aliphatic hydroxyl groups is 1. The highest BCUT2D eigenvalue weighted by Crippen LogP contribution is 2.48. The number of nitrogens with one attached hydrogen (secondary N) is 1. The molecular formula is C23H30N5O8P. The third-order valence-corrected chi connectivity index (χ3v) is 7.21. The van der Waals surface area contributed by atoms with E-state index in [1.807, 2.05) is 6.07 Å². The molecular weight excluding hydrogens is 505 g/mol. The van der Waals surface area contributed by atoms with Crippen molar-refractivity contribution in [2.45, 2.75) is 58.3 Å². The SMILES string of the molecule is CC(C)OC(=O)C(C)N[P@@](=O)(OCC1OC(n2ccc(N)nc2=O)[C@](C)(C#N)[C@@H]1O)Oc1ccccc1. The van der Waals surface area contributed by atoms with Crippen molar-refractivity contribution in [2.75, 3.05) is 12.3 Å². The maximum Gasteiger partial charge on any atom is 0.459 e. The van der Waals surface area contributed by atoms with Gasteiger partial charge in [-0.1, -0.05) is 18.2 Å². The molecule has 0 saturated carbocycles. The number of hydrogen-bond donors (Lipinski definition) is 3. The average molecular weight is 535 g/mol. The van der Waals surface area contributed by atoms with Crippen molar-refractivity contribution in [3.8, 4) is 11.8 Å². The summed E-state index contributed by atoms with van der Waals surface area (Å²) in [7, 11) is -4.25. The van der Waals surface area contributed by atoms with E-state index in [0.29, 0.717) is 0 Å².